The van der Waals surface area contributed by atoms with Crippen LogP contribution in [0.1, 0.15) is 29.8 Å². The number of Topliss-reactive ketones (excluding diaryl/α,β-unsaturated/α-hetero) is 1. The maximum atomic E-state index is 13.1. The van der Waals surface area contributed by atoms with Crippen LogP contribution in [-0.2, 0) is 20.7 Å². The van der Waals surface area contributed by atoms with Crippen LogP contribution >= 0.6 is 0 Å². The molecule has 1 saturated heterocycles. The van der Waals surface area contributed by atoms with E-state index in [2.05, 4.69) is 15.4 Å². The lowest BCUT2D eigenvalue weighted by Gasteiger charge is -2.30. The number of nitrogens with one attached hydrogen (secondary N) is 2. The molecule has 1 aliphatic heterocycles. The molecule has 0 bridgehead atoms. The molecule has 1 aliphatic rings. The molecular weight excluding hydrogens is 457 g/mol. The Kier molecular flexibility index (Phi) is 7.15. The SMILES string of the molecule is C[C@H]1OCC(=O)[C@]1(C)NC(=O)[C@H](Cc1ccc(O)cc1)NC(=O)c1ccc(OC(F)(F)F)cc1. The summed E-state index contributed by atoms with van der Waals surface area (Å²) >= 11 is 0. The third kappa shape index (κ3) is 6.04. The molecule has 3 rings (SSSR count). The predicted molar refractivity (Wildman–Crippen MR) is 113 cm³/mol. The minimum Gasteiger partial charge on any atom is -0.508 e. The number of amides is 2. The van der Waals surface area contributed by atoms with Gasteiger partial charge in [-0.25, -0.2) is 0 Å². The quantitative estimate of drug-likeness (QED) is 0.561. The first-order valence-electron chi connectivity index (χ1n) is 10.3. The van der Waals surface area contributed by atoms with Crippen molar-refractivity contribution >= 4 is 17.6 Å². The van der Waals surface area contributed by atoms with Crippen molar-refractivity contribution in [1.82, 2.24) is 10.6 Å². The van der Waals surface area contributed by atoms with Crippen molar-refractivity contribution in [3.8, 4) is 11.5 Å². The summed E-state index contributed by atoms with van der Waals surface area (Å²) < 4.78 is 46.2. The summed E-state index contributed by atoms with van der Waals surface area (Å²) in [7, 11) is 0. The lowest BCUT2D eigenvalue weighted by molar-refractivity contribution is -0.274. The highest BCUT2D eigenvalue weighted by Crippen LogP contribution is 2.24. The Morgan fingerprint density at radius 2 is 1.79 bits per heavy atom. The van der Waals surface area contributed by atoms with Crippen molar-refractivity contribution in [2.75, 3.05) is 6.61 Å². The largest absolute Gasteiger partial charge is 0.573 e. The Morgan fingerprint density at radius 1 is 1.18 bits per heavy atom. The number of aromatic hydroxyl groups is 1. The molecule has 0 aromatic heterocycles. The van der Waals surface area contributed by atoms with Crippen molar-refractivity contribution in [3.63, 3.8) is 0 Å². The molecule has 2 amide bonds. The zero-order valence-corrected chi connectivity index (χ0v) is 18.3. The maximum Gasteiger partial charge on any atom is 0.573 e. The van der Waals surface area contributed by atoms with Crippen molar-refractivity contribution in [1.29, 1.82) is 0 Å². The average molecular weight is 480 g/mol. The molecule has 1 heterocycles. The zero-order chi connectivity index (χ0) is 25.1. The molecule has 8 nitrogen and oxygen atoms in total. The van der Waals surface area contributed by atoms with Crippen LogP contribution in [0.4, 0.5) is 13.2 Å². The van der Waals surface area contributed by atoms with Crippen LogP contribution < -0.4 is 15.4 Å². The fourth-order valence-electron chi connectivity index (χ4n) is 3.38. The lowest BCUT2D eigenvalue weighted by atomic mass is 9.92. The van der Waals surface area contributed by atoms with Gasteiger partial charge in [-0.3, -0.25) is 14.4 Å². The molecule has 2 aromatic carbocycles. The van der Waals surface area contributed by atoms with E-state index in [4.69, 9.17) is 4.74 Å². The highest BCUT2D eigenvalue weighted by molar-refractivity contribution is 6.00. The van der Waals surface area contributed by atoms with Crippen LogP contribution in [-0.4, -0.2) is 53.4 Å². The highest BCUT2D eigenvalue weighted by atomic mass is 19.4. The smallest absolute Gasteiger partial charge is 0.508 e. The summed E-state index contributed by atoms with van der Waals surface area (Å²) in [5.41, 5.74) is -0.678. The molecule has 3 atom stereocenters. The van der Waals surface area contributed by atoms with Crippen LogP contribution in [0.2, 0.25) is 0 Å². The van der Waals surface area contributed by atoms with Gasteiger partial charge >= 0.3 is 6.36 Å². The number of halogens is 3. The number of ketones is 1. The third-order valence-corrected chi connectivity index (χ3v) is 5.59. The molecule has 0 unspecified atom stereocenters. The van der Waals surface area contributed by atoms with E-state index in [1.807, 2.05) is 0 Å². The minimum absolute atomic E-state index is 0.00196. The standard InChI is InChI=1S/C23H23F3N2O6/c1-13-22(2,19(30)12-33-13)28-21(32)18(11-14-3-7-16(29)8-4-14)27-20(31)15-5-9-17(10-6-15)34-23(24,25)26/h3-10,13,18,29H,11-12H2,1-2H3,(H,27,31)(H,28,32)/t13-,18+,22-/m1/s1. The third-order valence-electron chi connectivity index (χ3n) is 5.59. The molecule has 2 aromatic rings. The molecule has 0 spiro atoms. The van der Waals surface area contributed by atoms with Crippen molar-refractivity contribution in [3.05, 3.63) is 59.7 Å². The summed E-state index contributed by atoms with van der Waals surface area (Å²) in [4.78, 5) is 38.2. The molecular formula is C23H23F3N2O6. The van der Waals surface area contributed by atoms with Crippen LogP contribution in [0.5, 0.6) is 11.5 Å². The van der Waals surface area contributed by atoms with Gasteiger partial charge in [-0.15, -0.1) is 13.2 Å². The first kappa shape index (κ1) is 25.0. The topological polar surface area (TPSA) is 114 Å². The molecule has 3 N–H and O–H groups in total. The van der Waals surface area contributed by atoms with E-state index in [0.29, 0.717) is 5.56 Å². The van der Waals surface area contributed by atoms with Gasteiger partial charge in [0.1, 0.15) is 29.7 Å². The van der Waals surface area contributed by atoms with Gasteiger partial charge in [0.15, 0.2) is 5.78 Å². The molecule has 1 fully saturated rings. The monoisotopic (exact) mass is 480 g/mol. The molecule has 0 radical (unpaired) electrons. The predicted octanol–water partition coefficient (Wildman–Crippen LogP) is 2.49. The van der Waals surface area contributed by atoms with Gasteiger partial charge in [0, 0.05) is 12.0 Å². The number of rotatable bonds is 7. The Balaban J connectivity index is 1.79. The fourth-order valence-corrected chi connectivity index (χ4v) is 3.38. The number of carbonyl (C=O) groups is 3. The lowest BCUT2D eigenvalue weighted by Crippen LogP contribution is -2.60. The number of hydrogen-bond donors (Lipinski definition) is 3. The maximum absolute atomic E-state index is 13.1. The second kappa shape index (κ2) is 9.72. The van der Waals surface area contributed by atoms with E-state index < -0.39 is 41.6 Å². The average Bonchev–Trinajstić information content (AvgIpc) is 3.01. The van der Waals surface area contributed by atoms with Gasteiger partial charge in [0.05, 0.1) is 6.10 Å². The van der Waals surface area contributed by atoms with E-state index in [1.54, 1.807) is 19.1 Å². The number of phenols is 1. The van der Waals surface area contributed by atoms with Gasteiger partial charge in [0.25, 0.3) is 5.91 Å². The normalized spacial score (nSPS) is 21.1. The molecule has 182 valence electrons. The number of carbonyl (C=O) groups excluding carboxylic acids is 3. The number of benzene rings is 2. The number of phenolic OH excluding ortho intramolecular Hbond substituents is 1. The minimum atomic E-state index is -4.87. The molecule has 0 aliphatic carbocycles. The number of hydrogen-bond acceptors (Lipinski definition) is 6. The van der Waals surface area contributed by atoms with Gasteiger partial charge < -0.3 is 25.2 Å². The fraction of sp³-hybridized carbons (Fsp3) is 0.348. The van der Waals surface area contributed by atoms with E-state index >= 15 is 0 Å². The second-order valence-electron chi connectivity index (χ2n) is 8.04. The second-order valence-corrected chi connectivity index (χ2v) is 8.04. The highest BCUT2D eigenvalue weighted by Gasteiger charge is 2.47. The van der Waals surface area contributed by atoms with Crippen molar-refractivity contribution < 1.29 is 42.1 Å². The Labute approximate surface area is 193 Å². The first-order valence-corrected chi connectivity index (χ1v) is 10.3. The van der Waals surface area contributed by atoms with Gasteiger partial charge in [-0.1, -0.05) is 12.1 Å². The van der Waals surface area contributed by atoms with Crippen LogP contribution in [0, 0.1) is 0 Å². The number of ether oxygens (including phenoxy) is 2. The summed E-state index contributed by atoms with van der Waals surface area (Å²) in [6.45, 7) is 3.02. The Morgan fingerprint density at radius 3 is 2.32 bits per heavy atom. The van der Waals surface area contributed by atoms with Crippen molar-refractivity contribution in [2.24, 2.45) is 0 Å². The zero-order valence-electron chi connectivity index (χ0n) is 18.3. The molecule has 34 heavy (non-hydrogen) atoms. The van der Waals surface area contributed by atoms with Gasteiger partial charge in [-0.2, -0.15) is 0 Å². The van der Waals surface area contributed by atoms with Gasteiger partial charge in [-0.05, 0) is 55.8 Å². The summed E-state index contributed by atoms with van der Waals surface area (Å²) in [5.74, 6) is -2.16. The Bertz CT molecular complexity index is 1060. The van der Waals surface area contributed by atoms with Crippen LogP contribution in [0.25, 0.3) is 0 Å². The van der Waals surface area contributed by atoms with Crippen LogP contribution in [0.15, 0.2) is 48.5 Å². The van der Waals surface area contributed by atoms with Crippen LogP contribution in [0.3, 0.4) is 0 Å². The summed E-state index contributed by atoms with van der Waals surface area (Å²) in [6, 6.07) is 9.06. The Hall–Kier alpha value is -3.60. The first-order chi connectivity index (χ1) is 15.9. The van der Waals surface area contributed by atoms with E-state index in [1.165, 1.54) is 19.1 Å². The van der Waals surface area contributed by atoms with Crippen molar-refractivity contribution in [2.45, 2.75) is 44.3 Å². The molecule has 11 heteroatoms. The van der Waals surface area contributed by atoms with E-state index in [-0.39, 0.29) is 30.1 Å². The van der Waals surface area contributed by atoms with Gasteiger partial charge in [0.2, 0.25) is 5.91 Å². The van der Waals surface area contributed by atoms with E-state index in [0.717, 1.165) is 24.3 Å². The summed E-state index contributed by atoms with van der Waals surface area (Å²) in [6.07, 6.45) is -5.44. The van der Waals surface area contributed by atoms with E-state index in [9.17, 15) is 32.7 Å². The number of alkyl halides is 3. The molecule has 0 saturated carbocycles. The summed E-state index contributed by atoms with van der Waals surface area (Å²) in [5, 5.41) is 14.7.